The third-order valence-electron chi connectivity index (χ3n) is 2.66. The Hall–Kier alpha value is -2.06. The predicted octanol–water partition coefficient (Wildman–Crippen LogP) is 4.16. The Balaban J connectivity index is 2.20. The number of benzene rings is 2. The highest BCUT2D eigenvalue weighted by Gasteiger charge is 2.09. The summed E-state index contributed by atoms with van der Waals surface area (Å²) in [4.78, 5) is 12.0. The van der Waals surface area contributed by atoms with E-state index in [0.29, 0.717) is 5.56 Å². The van der Waals surface area contributed by atoms with E-state index >= 15 is 0 Å². The average Bonchev–Trinajstić information content (AvgIpc) is 2.48. The summed E-state index contributed by atoms with van der Waals surface area (Å²) < 4.78 is 5.07. The molecule has 0 saturated carbocycles. The minimum absolute atomic E-state index is 0.182. The Bertz CT molecular complexity index is 586. The smallest absolute Gasteiger partial charge is 0.204 e. The van der Waals surface area contributed by atoms with Gasteiger partial charge in [0.25, 0.3) is 0 Å². The first-order chi connectivity index (χ1) is 9.20. The normalized spacial score (nSPS) is 11.2. The third-order valence-corrected chi connectivity index (χ3v) is 2.94. The molecule has 0 amide bonds. The zero-order chi connectivity index (χ0) is 13.7. The molecule has 0 aliphatic carbocycles. The zero-order valence-corrected chi connectivity index (χ0v) is 11.2. The van der Waals surface area contributed by atoms with Crippen molar-refractivity contribution < 1.29 is 9.53 Å². The van der Waals surface area contributed by atoms with Gasteiger partial charge < -0.3 is 4.74 Å². The highest BCUT2D eigenvalue weighted by Crippen LogP contribution is 2.18. The fourth-order valence-electron chi connectivity index (χ4n) is 1.64. The molecule has 0 heterocycles. The number of methoxy groups -OCH3 is 1. The summed E-state index contributed by atoms with van der Waals surface area (Å²) in [5, 5.41) is 0.191. The molecule has 96 valence electrons. The van der Waals surface area contributed by atoms with Crippen molar-refractivity contribution in [3.05, 3.63) is 70.8 Å². The molecule has 2 aromatic carbocycles. The molecule has 0 spiro atoms. The Morgan fingerprint density at radius 3 is 2.26 bits per heavy atom. The van der Waals surface area contributed by atoms with E-state index in [-0.39, 0.29) is 10.8 Å². The van der Waals surface area contributed by atoms with Gasteiger partial charge in [0.1, 0.15) is 5.75 Å². The molecule has 3 heteroatoms. The Labute approximate surface area is 117 Å². The van der Waals surface area contributed by atoms with E-state index in [9.17, 15) is 4.79 Å². The Kier molecular flexibility index (Phi) is 4.37. The van der Waals surface area contributed by atoms with Gasteiger partial charge in [-0.1, -0.05) is 54.1 Å². The maximum absolute atomic E-state index is 12.0. The van der Waals surface area contributed by atoms with Crippen LogP contribution in [0.2, 0.25) is 0 Å². The van der Waals surface area contributed by atoms with Crippen molar-refractivity contribution in [3.8, 4) is 5.75 Å². The van der Waals surface area contributed by atoms with Crippen LogP contribution in [-0.4, -0.2) is 12.9 Å². The summed E-state index contributed by atoms with van der Waals surface area (Å²) in [5.74, 6) is 0.584. The quantitative estimate of drug-likeness (QED) is 0.617. The van der Waals surface area contributed by atoms with E-state index in [1.807, 2.05) is 42.5 Å². The zero-order valence-electron chi connectivity index (χ0n) is 10.5. The monoisotopic (exact) mass is 272 g/mol. The van der Waals surface area contributed by atoms with E-state index in [4.69, 9.17) is 16.3 Å². The molecule has 19 heavy (non-hydrogen) atoms. The fraction of sp³-hybridized carbons (Fsp3) is 0.0625. The number of ketones is 1. The van der Waals surface area contributed by atoms with Gasteiger partial charge in [-0.3, -0.25) is 4.79 Å². The molecular weight excluding hydrogens is 260 g/mol. The molecular formula is C16H13ClO2. The van der Waals surface area contributed by atoms with Gasteiger partial charge in [0.15, 0.2) is 0 Å². The molecule has 0 atom stereocenters. The van der Waals surface area contributed by atoms with Crippen molar-refractivity contribution in [1.82, 2.24) is 0 Å². The van der Waals surface area contributed by atoms with Gasteiger partial charge in [-0.25, -0.2) is 0 Å². The molecule has 2 nitrogen and oxygen atoms in total. The maximum atomic E-state index is 12.0. The van der Waals surface area contributed by atoms with Crippen LogP contribution in [0.4, 0.5) is 0 Å². The standard InChI is InChI=1S/C16H13ClO2/c1-19-14-9-7-12(8-10-14)11-15(17)16(18)13-5-3-2-4-6-13/h2-11H,1H3/b15-11-. The fourth-order valence-corrected chi connectivity index (χ4v) is 1.87. The molecule has 0 bridgehead atoms. The van der Waals surface area contributed by atoms with E-state index in [0.717, 1.165) is 11.3 Å². The van der Waals surface area contributed by atoms with Crippen LogP contribution in [0.1, 0.15) is 15.9 Å². The van der Waals surface area contributed by atoms with Crippen LogP contribution in [0.5, 0.6) is 5.75 Å². The van der Waals surface area contributed by atoms with Crippen LogP contribution >= 0.6 is 11.6 Å². The molecule has 0 unspecified atom stereocenters. The van der Waals surface area contributed by atoms with Gasteiger partial charge in [-0.2, -0.15) is 0 Å². The number of hydrogen-bond donors (Lipinski definition) is 0. The van der Waals surface area contributed by atoms with Crippen LogP contribution in [-0.2, 0) is 0 Å². The molecule has 0 N–H and O–H groups in total. The van der Waals surface area contributed by atoms with Crippen LogP contribution < -0.4 is 4.74 Å². The van der Waals surface area contributed by atoms with Crippen molar-refractivity contribution in [2.24, 2.45) is 0 Å². The number of halogens is 1. The van der Waals surface area contributed by atoms with Gasteiger partial charge in [-0.15, -0.1) is 0 Å². The van der Waals surface area contributed by atoms with Gasteiger partial charge in [0.05, 0.1) is 12.1 Å². The van der Waals surface area contributed by atoms with E-state index in [2.05, 4.69) is 0 Å². The lowest BCUT2D eigenvalue weighted by Crippen LogP contribution is -1.98. The second-order valence-corrected chi connectivity index (χ2v) is 4.37. The topological polar surface area (TPSA) is 26.3 Å². The highest BCUT2D eigenvalue weighted by atomic mass is 35.5. The van der Waals surface area contributed by atoms with Crippen LogP contribution in [0.3, 0.4) is 0 Å². The number of Topliss-reactive ketones (excluding diaryl/α,β-unsaturated/α-hetero) is 1. The molecule has 0 aromatic heterocycles. The van der Waals surface area contributed by atoms with E-state index in [1.54, 1.807) is 25.3 Å². The lowest BCUT2D eigenvalue weighted by Gasteiger charge is -2.01. The summed E-state index contributed by atoms with van der Waals surface area (Å²) in [5.41, 5.74) is 1.44. The molecule has 2 aromatic rings. The van der Waals surface area contributed by atoms with Crippen molar-refractivity contribution in [2.45, 2.75) is 0 Å². The van der Waals surface area contributed by atoms with Crippen molar-refractivity contribution >= 4 is 23.5 Å². The maximum Gasteiger partial charge on any atom is 0.204 e. The Morgan fingerprint density at radius 2 is 1.68 bits per heavy atom. The minimum atomic E-state index is -0.182. The first-order valence-electron chi connectivity index (χ1n) is 5.81. The second-order valence-electron chi connectivity index (χ2n) is 3.96. The van der Waals surface area contributed by atoms with Gasteiger partial charge in [-0.05, 0) is 23.8 Å². The summed E-state index contributed by atoms with van der Waals surface area (Å²) in [6, 6.07) is 16.3. The molecule has 0 aliphatic rings. The van der Waals surface area contributed by atoms with E-state index < -0.39 is 0 Å². The summed E-state index contributed by atoms with van der Waals surface area (Å²) in [6.45, 7) is 0. The summed E-state index contributed by atoms with van der Waals surface area (Å²) in [6.07, 6.45) is 1.65. The van der Waals surface area contributed by atoms with E-state index in [1.165, 1.54) is 0 Å². The lowest BCUT2D eigenvalue weighted by atomic mass is 10.1. The summed E-state index contributed by atoms with van der Waals surface area (Å²) >= 11 is 6.05. The average molecular weight is 273 g/mol. The minimum Gasteiger partial charge on any atom is -0.497 e. The number of carbonyl (C=O) groups excluding carboxylic acids is 1. The second kappa shape index (κ2) is 6.21. The van der Waals surface area contributed by atoms with Crippen LogP contribution in [0.15, 0.2) is 59.6 Å². The first kappa shape index (κ1) is 13.4. The molecule has 0 fully saturated rings. The van der Waals surface area contributed by atoms with Crippen LogP contribution in [0.25, 0.3) is 6.08 Å². The van der Waals surface area contributed by atoms with Crippen molar-refractivity contribution in [1.29, 1.82) is 0 Å². The number of ether oxygens (including phenoxy) is 1. The largest absolute Gasteiger partial charge is 0.497 e. The third kappa shape index (κ3) is 3.46. The number of rotatable bonds is 4. The molecule has 2 rings (SSSR count). The highest BCUT2D eigenvalue weighted by molar-refractivity contribution is 6.47. The van der Waals surface area contributed by atoms with Crippen molar-refractivity contribution in [3.63, 3.8) is 0 Å². The number of hydrogen-bond acceptors (Lipinski definition) is 2. The predicted molar refractivity (Wildman–Crippen MR) is 77.6 cm³/mol. The molecule has 0 radical (unpaired) electrons. The Morgan fingerprint density at radius 1 is 1.05 bits per heavy atom. The molecule has 0 saturated heterocycles. The van der Waals surface area contributed by atoms with Gasteiger partial charge in [0.2, 0.25) is 5.78 Å². The summed E-state index contributed by atoms with van der Waals surface area (Å²) in [7, 11) is 1.61. The number of allylic oxidation sites excluding steroid dienone is 1. The van der Waals surface area contributed by atoms with Gasteiger partial charge in [0, 0.05) is 5.56 Å². The van der Waals surface area contributed by atoms with Crippen molar-refractivity contribution in [2.75, 3.05) is 7.11 Å². The first-order valence-corrected chi connectivity index (χ1v) is 6.19. The number of carbonyl (C=O) groups is 1. The lowest BCUT2D eigenvalue weighted by molar-refractivity contribution is 0.104. The van der Waals surface area contributed by atoms with Gasteiger partial charge >= 0.3 is 0 Å². The molecule has 0 aliphatic heterocycles. The SMILES string of the molecule is COc1ccc(/C=C(\Cl)C(=O)c2ccccc2)cc1. The van der Waals surface area contributed by atoms with Crippen LogP contribution in [0, 0.1) is 0 Å².